The predicted molar refractivity (Wildman–Crippen MR) is 72.5 cm³/mol. The first-order valence-corrected chi connectivity index (χ1v) is 5.99. The molecule has 0 spiro atoms. The van der Waals surface area contributed by atoms with E-state index in [1.807, 2.05) is 6.07 Å². The van der Waals surface area contributed by atoms with E-state index in [2.05, 4.69) is 5.32 Å². The molecule has 2 aromatic rings. The zero-order valence-electron chi connectivity index (χ0n) is 10.5. The third kappa shape index (κ3) is 4.48. The van der Waals surface area contributed by atoms with E-state index in [1.165, 1.54) is 0 Å². The van der Waals surface area contributed by atoms with Crippen LogP contribution in [0.4, 0.5) is 11.4 Å². The zero-order valence-corrected chi connectivity index (χ0v) is 10.5. The molecule has 1 heterocycles. The first-order valence-electron chi connectivity index (χ1n) is 5.99. The second-order valence-corrected chi connectivity index (χ2v) is 4.06. The van der Waals surface area contributed by atoms with Gasteiger partial charge in [-0.15, -0.1) is 0 Å². The lowest BCUT2D eigenvalue weighted by atomic mass is 10.3. The number of nitrogens with one attached hydrogen (secondary N) is 1. The van der Waals surface area contributed by atoms with Gasteiger partial charge in [-0.1, -0.05) is 6.07 Å². The van der Waals surface area contributed by atoms with Gasteiger partial charge in [-0.2, -0.15) is 0 Å². The third-order valence-corrected chi connectivity index (χ3v) is 2.47. The lowest BCUT2D eigenvalue weighted by Gasteiger charge is -2.06. The first-order chi connectivity index (χ1) is 9.24. The Balaban J connectivity index is 1.67. The summed E-state index contributed by atoms with van der Waals surface area (Å²) < 4.78 is 10.4. The normalized spacial score (nSPS) is 10.3. The van der Waals surface area contributed by atoms with E-state index in [4.69, 9.17) is 14.9 Å². The summed E-state index contributed by atoms with van der Waals surface area (Å²) in [5.74, 6) is 0.640. The summed E-state index contributed by atoms with van der Waals surface area (Å²) in [5, 5.41) is 2.75. The predicted octanol–water partition coefficient (Wildman–Crippen LogP) is 2.41. The van der Waals surface area contributed by atoms with E-state index in [-0.39, 0.29) is 12.3 Å². The van der Waals surface area contributed by atoms with Gasteiger partial charge in [0.05, 0.1) is 19.3 Å². The van der Waals surface area contributed by atoms with E-state index in [9.17, 15) is 4.79 Å². The molecule has 0 fully saturated rings. The monoisotopic (exact) mass is 260 g/mol. The number of furan rings is 1. The zero-order chi connectivity index (χ0) is 13.5. The third-order valence-electron chi connectivity index (χ3n) is 2.47. The molecule has 0 unspecified atom stereocenters. The van der Waals surface area contributed by atoms with Crippen LogP contribution >= 0.6 is 0 Å². The van der Waals surface area contributed by atoms with Gasteiger partial charge in [0.25, 0.3) is 0 Å². The second-order valence-electron chi connectivity index (χ2n) is 4.06. The van der Waals surface area contributed by atoms with Gasteiger partial charge in [-0.3, -0.25) is 4.79 Å². The number of ether oxygens (including phenoxy) is 1. The molecule has 1 amide bonds. The highest BCUT2D eigenvalue weighted by Gasteiger charge is 2.03. The van der Waals surface area contributed by atoms with Gasteiger partial charge in [-0.05, 0) is 30.3 Å². The van der Waals surface area contributed by atoms with Crippen LogP contribution in [0.1, 0.15) is 12.2 Å². The van der Waals surface area contributed by atoms with Crippen LogP contribution in [-0.4, -0.2) is 12.5 Å². The largest absolute Gasteiger partial charge is 0.467 e. The van der Waals surface area contributed by atoms with Crippen molar-refractivity contribution in [1.29, 1.82) is 0 Å². The molecule has 0 aliphatic rings. The Morgan fingerprint density at radius 2 is 2.21 bits per heavy atom. The van der Waals surface area contributed by atoms with Crippen molar-refractivity contribution in [2.45, 2.75) is 13.0 Å². The summed E-state index contributed by atoms with van der Waals surface area (Å²) in [6.45, 7) is 0.716. The number of amides is 1. The van der Waals surface area contributed by atoms with E-state index >= 15 is 0 Å². The number of hydrogen-bond donors (Lipinski definition) is 2. The van der Waals surface area contributed by atoms with E-state index in [0.717, 1.165) is 5.76 Å². The number of benzene rings is 1. The molecule has 0 bridgehead atoms. The number of carbonyl (C=O) groups is 1. The number of anilines is 2. The highest BCUT2D eigenvalue weighted by Crippen LogP contribution is 2.12. The summed E-state index contributed by atoms with van der Waals surface area (Å²) in [6.07, 6.45) is 1.88. The standard InChI is InChI=1S/C14H16N2O3/c15-11-3-1-4-12(9-11)16-14(17)6-8-18-10-13-5-2-7-19-13/h1-5,7,9H,6,8,10,15H2,(H,16,17). The Kier molecular flexibility index (Phi) is 4.58. The van der Waals surface area contributed by atoms with Gasteiger partial charge in [0.15, 0.2) is 0 Å². The van der Waals surface area contributed by atoms with Gasteiger partial charge in [0.1, 0.15) is 12.4 Å². The minimum atomic E-state index is -0.106. The van der Waals surface area contributed by atoms with Crippen molar-refractivity contribution < 1.29 is 13.9 Å². The molecule has 0 radical (unpaired) electrons. The van der Waals surface area contributed by atoms with Crippen LogP contribution in [0.25, 0.3) is 0 Å². The maximum Gasteiger partial charge on any atom is 0.226 e. The van der Waals surface area contributed by atoms with Gasteiger partial charge >= 0.3 is 0 Å². The molecule has 5 nitrogen and oxygen atoms in total. The minimum Gasteiger partial charge on any atom is -0.467 e. The van der Waals surface area contributed by atoms with Crippen LogP contribution in [0.5, 0.6) is 0 Å². The fourth-order valence-corrected chi connectivity index (χ4v) is 1.57. The van der Waals surface area contributed by atoms with Crippen molar-refractivity contribution in [3.63, 3.8) is 0 Å². The number of carbonyl (C=O) groups excluding carboxylic acids is 1. The quantitative estimate of drug-likeness (QED) is 0.617. The van der Waals surface area contributed by atoms with Crippen molar-refractivity contribution in [1.82, 2.24) is 0 Å². The van der Waals surface area contributed by atoms with E-state index in [0.29, 0.717) is 24.6 Å². The minimum absolute atomic E-state index is 0.106. The number of hydrogen-bond acceptors (Lipinski definition) is 4. The fraction of sp³-hybridized carbons (Fsp3) is 0.214. The molecule has 1 aromatic heterocycles. The van der Waals surface area contributed by atoms with Crippen LogP contribution in [0.3, 0.4) is 0 Å². The Morgan fingerprint density at radius 1 is 1.32 bits per heavy atom. The molecule has 19 heavy (non-hydrogen) atoms. The number of rotatable bonds is 6. The Labute approximate surface area is 111 Å². The molecule has 0 aliphatic heterocycles. The lowest BCUT2D eigenvalue weighted by Crippen LogP contribution is -2.14. The molecule has 3 N–H and O–H groups in total. The number of nitrogens with two attached hydrogens (primary N) is 1. The molecule has 100 valence electrons. The topological polar surface area (TPSA) is 77.5 Å². The second kappa shape index (κ2) is 6.61. The van der Waals surface area contributed by atoms with Crippen molar-refractivity contribution in [3.8, 4) is 0 Å². The van der Waals surface area contributed by atoms with Crippen LogP contribution < -0.4 is 11.1 Å². The number of nitrogen functional groups attached to an aromatic ring is 1. The van der Waals surface area contributed by atoms with Gasteiger partial charge in [0, 0.05) is 11.4 Å². The van der Waals surface area contributed by atoms with Gasteiger partial charge in [0.2, 0.25) is 5.91 Å². The maximum atomic E-state index is 11.6. The van der Waals surface area contributed by atoms with E-state index < -0.39 is 0 Å². The molecule has 0 saturated carbocycles. The van der Waals surface area contributed by atoms with Crippen molar-refractivity contribution in [2.24, 2.45) is 0 Å². The summed E-state index contributed by atoms with van der Waals surface area (Å²) in [6, 6.07) is 10.7. The van der Waals surface area contributed by atoms with Crippen LogP contribution in [0.15, 0.2) is 47.1 Å². The average molecular weight is 260 g/mol. The van der Waals surface area contributed by atoms with Crippen molar-refractivity contribution >= 4 is 17.3 Å². The fourth-order valence-electron chi connectivity index (χ4n) is 1.57. The first kappa shape index (κ1) is 13.2. The molecular formula is C14H16N2O3. The molecule has 1 aromatic carbocycles. The van der Waals surface area contributed by atoms with Crippen LogP contribution in [0, 0.1) is 0 Å². The van der Waals surface area contributed by atoms with Crippen molar-refractivity contribution in [2.75, 3.05) is 17.7 Å². The summed E-state index contributed by atoms with van der Waals surface area (Å²) in [7, 11) is 0. The Hall–Kier alpha value is -2.27. The molecular weight excluding hydrogens is 244 g/mol. The molecule has 5 heteroatoms. The van der Waals surface area contributed by atoms with Crippen LogP contribution in [-0.2, 0) is 16.1 Å². The maximum absolute atomic E-state index is 11.6. The summed E-state index contributed by atoms with van der Waals surface area (Å²) in [5.41, 5.74) is 6.93. The highest BCUT2D eigenvalue weighted by molar-refractivity contribution is 5.91. The van der Waals surface area contributed by atoms with Gasteiger partial charge in [-0.25, -0.2) is 0 Å². The lowest BCUT2D eigenvalue weighted by molar-refractivity contribution is -0.117. The Morgan fingerprint density at radius 3 is 2.95 bits per heavy atom. The average Bonchev–Trinajstić information content (AvgIpc) is 2.88. The molecule has 0 aliphatic carbocycles. The summed E-state index contributed by atoms with van der Waals surface area (Å²) in [4.78, 5) is 11.6. The SMILES string of the molecule is Nc1cccc(NC(=O)CCOCc2ccco2)c1. The van der Waals surface area contributed by atoms with E-state index in [1.54, 1.807) is 36.6 Å². The van der Waals surface area contributed by atoms with Crippen LogP contribution in [0.2, 0.25) is 0 Å². The summed E-state index contributed by atoms with van der Waals surface area (Å²) >= 11 is 0. The molecule has 0 atom stereocenters. The molecule has 0 saturated heterocycles. The Bertz CT molecular complexity index is 523. The van der Waals surface area contributed by atoms with Gasteiger partial charge < -0.3 is 20.2 Å². The highest BCUT2D eigenvalue weighted by atomic mass is 16.5. The molecule has 2 rings (SSSR count). The van der Waals surface area contributed by atoms with Crippen molar-refractivity contribution in [3.05, 3.63) is 48.4 Å². The smallest absolute Gasteiger partial charge is 0.226 e.